The van der Waals surface area contributed by atoms with Crippen molar-refractivity contribution in [1.29, 1.82) is 0 Å². The van der Waals surface area contributed by atoms with Crippen molar-refractivity contribution in [3.8, 4) is 0 Å². The van der Waals surface area contributed by atoms with Gasteiger partial charge in [-0.15, -0.1) is 0 Å². The molecule has 4 nitrogen and oxygen atoms in total. The van der Waals surface area contributed by atoms with E-state index < -0.39 is 12.1 Å². The maximum atomic E-state index is 12.4. The van der Waals surface area contributed by atoms with Crippen LogP contribution in [0.25, 0.3) is 0 Å². The molecule has 2 N–H and O–H groups in total. The first-order valence-corrected chi connectivity index (χ1v) is 7.72. The van der Waals surface area contributed by atoms with Crippen LogP contribution in [0.1, 0.15) is 34.5 Å². The summed E-state index contributed by atoms with van der Waals surface area (Å²) >= 11 is 5.84. The van der Waals surface area contributed by atoms with E-state index in [-0.39, 0.29) is 5.91 Å². The van der Waals surface area contributed by atoms with Crippen LogP contribution in [0.4, 0.5) is 0 Å². The van der Waals surface area contributed by atoms with Gasteiger partial charge in [-0.2, -0.15) is 0 Å². The molecule has 0 saturated heterocycles. The number of ether oxygens (including phenoxy) is 1. The van der Waals surface area contributed by atoms with E-state index in [9.17, 15) is 9.90 Å². The van der Waals surface area contributed by atoms with Gasteiger partial charge in [0.05, 0.1) is 18.8 Å². The van der Waals surface area contributed by atoms with E-state index >= 15 is 0 Å². The Hall–Kier alpha value is -1.88. The van der Waals surface area contributed by atoms with Crippen LogP contribution >= 0.6 is 11.6 Å². The van der Waals surface area contributed by atoms with Crippen molar-refractivity contribution in [2.24, 2.45) is 0 Å². The number of amides is 1. The monoisotopic (exact) mass is 333 g/mol. The van der Waals surface area contributed by atoms with Gasteiger partial charge in [-0.3, -0.25) is 4.79 Å². The third-order valence-electron chi connectivity index (χ3n) is 3.61. The Morgan fingerprint density at radius 2 is 1.87 bits per heavy atom. The number of carbonyl (C=O) groups is 1. The van der Waals surface area contributed by atoms with Crippen LogP contribution in [0.2, 0.25) is 5.02 Å². The number of rotatable bonds is 6. The van der Waals surface area contributed by atoms with E-state index in [0.29, 0.717) is 22.8 Å². The zero-order valence-corrected chi connectivity index (χ0v) is 13.9. The molecule has 0 heterocycles. The Morgan fingerprint density at radius 3 is 2.52 bits per heavy atom. The lowest BCUT2D eigenvalue weighted by molar-refractivity contribution is 0.0848. The minimum atomic E-state index is -0.814. The normalized spacial score (nSPS) is 13.4. The summed E-state index contributed by atoms with van der Waals surface area (Å²) in [6, 6.07) is 13.7. The lowest BCUT2D eigenvalue weighted by Crippen LogP contribution is -2.37. The van der Waals surface area contributed by atoms with Crippen molar-refractivity contribution < 1.29 is 14.6 Å². The molecule has 0 aliphatic heterocycles. The zero-order chi connectivity index (χ0) is 16.8. The highest BCUT2D eigenvalue weighted by molar-refractivity contribution is 6.30. The third kappa shape index (κ3) is 4.55. The molecule has 0 aliphatic carbocycles. The fraction of sp³-hybridized carbons (Fsp3) is 0.278. The summed E-state index contributed by atoms with van der Waals surface area (Å²) in [7, 11) is 1.58. The second-order valence-electron chi connectivity index (χ2n) is 5.35. The van der Waals surface area contributed by atoms with Crippen molar-refractivity contribution >= 4 is 17.5 Å². The molecule has 0 radical (unpaired) electrons. The lowest BCUT2D eigenvalue weighted by Gasteiger charge is -2.21. The minimum Gasteiger partial charge on any atom is -0.386 e. The molecule has 5 heteroatoms. The molecule has 2 rings (SSSR count). The van der Waals surface area contributed by atoms with Gasteiger partial charge in [-0.25, -0.2) is 0 Å². The third-order valence-corrected chi connectivity index (χ3v) is 3.86. The van der Waals surface area contributed by atoms with Crippen LogP contribution in [0.3, 0.4) is 0 Å². The second kappa shape index (κ2) is 8.11. The van der Waals surface area contributed by atoms with Gasteiger partial charge < -0.3 is 15.2 Å². The molecule has 2 aromatic carbocycles. The molecule has 0 aromatic heterocycles. The Morgan fingerprint density at radius 1 is 1.22 bits per heavy atom. The molecule has 2 unspecified atom stereocenters. The van der Waals surface area contributed by atoms with Crippen LogP contribution in [-0.4, -0.2) is 24.2 Å². The highest BCUT2D eigenvalue weighted by Crippen LogP contribution is 2.20. The molecule has 23 heavy (non-hydrogen) atoms. The number of halogens is 1. The van der Waals surface area contributed by atoms with E-state index in [1.54, 1.807) is 50.4 Å². The van der Waals surface area contributed by atoms with Gasteiger partial charge in [0.2, 0.25) is 0 Å². The lowest BCUT2D eigenvalue weighted by atomic mass is 10.0. The van der Waals surface area contributed by atoms with E-state index in [2.05, 4.69) is 5.32 Å². The van der Waals surface area contributed by atoms with E-state index in [1.165, 1.54) is 0 Å². The summed E-state index contributed by atoms with van der Waals surface area (Å²) in [6.07, 6.45) is -0.814. The molecule has 2 aromatic rings. The smallest absolute Gasteiger partial charge is 0.251 e. The SMILES string of the molecule is COCc1ccccc1C(=O)NC(C)C(O)c1ccc(Cl)cc1. The zero-order valence-electron chi connectivity index (χ0n) is 13.1. The first-order chi connectivity index (χ1) is 11.0. The molecule has 0 fully saturated rings. The molecular weight excluding hydrogens is 314 g/mol. The Kier molecular flexibility index (Phi) is 6.16. The topological polar surface area (TPSA) is 58.6 Å². The highest BCUT2D eigenvalue weighted by atomic mass is 35.5. The van der Waals surface area contributed by atoms with Crippen LogP contribution < -0.4 is 5.32 Å². The first kappa shape index (κ1) is 17.5. The molecule has 0 saturated carbocycles. The quantitative estimate of drug-likeness (QED) is 0.852. The fourth-order valence-electron chi connectivity index (χ4n) is 2.34. The highest BCUT2D eigenvalue weighted by Gasteiger charge is 2.20. The van der Waals surface area contributed by atoms with Crippen molar-refractivity contribution in [1.82, 2.24) is 5.32 Å². The van der Waals surface area contributed by atoms with Gasteiger partial charge in [-0.1, -0.05) is 41.9 Å². The average Bonchev–Trinajstić information content (AvgIpc) is 2.55. The Labute approximate surface area is 141 Å². The van der Waals surface area contributed by atoms with Gasteiger partial charge >= 0.3 is 0 Å². The van der Waals surface area contributed by atoms with E-state index in [4.69, 9.17) is 16.3 Å². The van der Waals surface area contributed by atoms with Crippen molar-refractivity contribution in [3.63, 3.8) is 0 Å². The maximum Gasteiger partial charge on any atom is 0.251 e. The Bertz CT molecular complexity index is 658. The maximum absolute atomic E-state index is 12.4. The first-order valence-electron chi connectivity index (χ1n) is 7.34. The van der Waals surface area contributed by atoms with Crippen LogP contribution in [0.5, 0.6) is 0 Å². The summed E-state index contributed by atoms with van der Waals surface area (Å²) in [6.45, 7) is 2.12. The van der Waals surface area contributed by atoms with Crippen molar-refractivity contribution in [3.05, 3.63) is 70.2 Å². The second-order valence-corrected chi connectivity index (χ2v) is 5.79. The molecule has 2 atom stereocenters. The summed E-state index contributed by atoms with van der Waals surface area (Å²) in [5.74, 6) is -0.238. The van der Waals surface area contributed by atoms with Crippen LogP contribution in [0.15, 0.2) is 48.5 Å². The predicted octanol–water partition coefficient (Wildman–Crippen LogP) is 3.34. The molecule has 0 spiro atoms. The van der Waals surface area contributed by atoms with E-state index in [1.807, 2.05) is 12.1 Å². The van der Waals surface area contributed by atoms with Gasteiger partial charge in [0.15, 0.2) is 0 Å². The summed E-state index contributed by atoms with van der Waals surface area (Å²) in [5, 5.41) is 13.8. The van der Waals surface area contributed by atoms with Gasteiger partial charge in [0.25, 0.3) is 5.91 Å². The summed E-state index contributed by atoms with van der Waals surface area (Å²) < 4.78 is 5.11. The number of aliphatic hydroxyl groups is 1. The van der Waals surface area contributed by atoms with Crippen LogP contribution in [-0.2, 0) is 11.3 Å². The molecule has 0 aliphatic rings. The van der Waals surface area contributed by atoms with E-state index in [0.717, 1.165) is 5.56 Å². The molecule has 1 amide bonds. The number of benzene rings is 2. The number of hydrogen-bond acceptors (Lipinski definition) is 3. The molecular formula is C18H20ClNO3. The predicted molar refractivity (Wildman–Crippen MR) is 90.5 cm³/mol. The number of aliphatic hydroxyl groups excluding tert-OH is 1. The standard InChI is InChI=1S/C18H20ClNO3/c1-12(17(21)13-7-9-15(19)10-8-13)20-18(22)16-6-4-3-5-14(16)11-23-2/h3-10,12,17,21H,11H2,1-2H3,(H,20,22). The fourth-order valence-corrected chi connectivity index (χ4v) is 2.46. The number of nitrogens with one attached hydrogen (secondary N) is 1. The number of methoxy groups -OCH3 is 1. The Balaban J connectivity index is 2.09. The number of hydrogen-bond donors (Lipinski definition) is 2. The van der Waals surface area contributed by atoms with Crippen molar-refractivity contribution in [2.75, 3.05) is 7.11 Å². The van der Waals surface area contributed by atoms with Crippen molar-refractivity contribution in [2.45, 2.75) is 25.7 Å². The van der Waals surface area contributed by atoms with Gasteiger partial charge in [-0.05, 0) is 36.2 Å². The summed E-state index contributed by atoms with van der Waals surface area (Å²) in [4.78, 5) is 12.4. The van der Waals surface area contributed by atoms with Gasteiger partial charge in [0.1, 0.15) is 0 Å². The van der Waals surface area contributed by atoms with Crippen LogP contribution in [0, 0.1) is 0 Å². The average molecular weight is 334 g/mol. The number of carbonyl (C=O) groups excluding carboxylic acids is 1. The summed E-state index contributed by atoms with van der Waals surface area (Å²) in [5.41, 5.74) is 2.05. The van der Waals surface area contributed by atoms with Gasteiger partial charge in [0, 0.05) is 17.7 Å². The minimum absolute atomic E-state index is 0.238. The molecule has 122 valence electrons. The largest absolute Gasteiger partial charge is 0.386 e. The molecule has 0 bridgehead atoms.